The summed E-state index contributed by atoms with van der Waals surface area (Å²) in [5, 5.41) is 2.70. The molecule has 26 heavy (non-hydrogen) atoms. The molecule has 0 radical (unpaired) electrons. The molecule has 7 heteroatoms. The highest BCUT2D eigenvalue weighted by atomic mass is 16.6. The van der Waals surface area contributed by atoms with Gasteiger partial charge in [0.2, 0.25) is 5.60 Å². The number of carbonyl (C=O) groups is 4. The van der Waals surface area contributed by atoms with Crippen molar-refractivity contribution in [3.8, 4) is 0 Å². The second-order valence-corrected chi connectivity index (χ2v) is 6.49. The molecule has 3 amide bonds. The standard InChI is InChI=1S/C19H12N2O5/c22-15-10-5-1-2-6-11(10)16(23)21(15)14-9-19(26-17(14)24)12-7-3-4-8-13(12)20-18(19)25/h1-8,14H,9H2,(H,20,25)/t14-,19+/m1/s1. The Bertz CT molecular complexity index is 995. The Balaban J connectivity index is 1.56. The number of carbonyl (C=O) groups excluding carboxylic acids is 4. The summed E-state index contributed by atoms with van der Waals surface area (Å²) in [6, 6.07) is 12.2. The minimum atomic E-state index is -1.51. The minimum absolute atomic E-state index is 0.0971. The predicted octanol–water partition coefficient (Wildman–Crippen LogP) is 1.45. The van der Waals surface area contributed by atoms with E-state index in [0.717, 1.165) is 4.90 Å². The van der Waals surface area contributed by atoms with Gasteiger partial charge >= 0.3 is 5.97 Å². The fourth-order valence-electron chi connectivity index (χ4n) is 3.92. The largest absolute Gasteiger partial charge is 0.442 e. The molecule has 0 bridgehead atoms. The lowest BCUT2D eigenvalue weighted by molar-refractivity contribution is -0.157. The van der Waals surface area contributed by atoms with Crippen LogP contribution in [-0.4, -0.2) is 34.6 Å². The Morgan fingerprint density at radius 1 is 0.923 bits per heavy atom. The number of amides is 3. The van der Waals surface area contributed by atoms with Gasteiger partial charge in [0.25, 0.3) is 17.7 Å². The van der Waals surface area contributed by atoms with E-state index in [1.165, 1.54) is 0 Å². The lowest BCUT2D eigenvalue weighted by Crippen LogP contribution is -2.43. The molecule has 0 unspecified atom stereocenters. The van der Waals surface area contributed by atoms with Gasteiger partial charge in [0.05, 0.1) is 11.1 Å². The zero-order valence-corrected chi connectivity index (χ0v) is 13.4. The van der Waals surface area contributed by atoms with E-state index >= 15 is 0 Å². The first-order valence-corrected chi connectivity index (χ1v) is 8.14. The molecule has 2 atom stereocenters. The third kappa shape index (κ3) is 1.67. The van der Waals surface area contributed by atoms with Crippen LogP contribution in [0.4, 0.5) is 5.69 Å². The Kier molecular flexibility index (Phi) is 2.73. The third-order valence-electron chi connectivity index (χ3n) is 5.14. The summed E-state index contributed by atoms with van der Waals surface area (Å²) in [6.07, 6.45) is -0.0971. The number of nitrogens with zero attached hydrogens (tertiary/aromatic N) is 1. The summed E-state index contributed by atoms with van der Waals surface area (Å²) in [5.74, 6) is -2.31. The highest BCUT2D eigenvalue weighted by molar-refractivity contribution is 6.23. The number of imide groups is 1. The van der Waals surface area contributed by atoms with E-state index < -0.39 is 35.3 Å². The van der Waals surface area contributed by atoms with Gasteiger partial charge in [0.15, 0.2) is 0 Å². The lowest BCUT2D eigenvalue weighted by Gasteiger charge is -2.21. The summed E-state index contributed by atoms with van der Waals surface area (Å²) in [7, 11) is 0. The lowest BCUT2D eigenvalue weighted by atomic mass is 9.90. The molecular formula is C19H12N2O5. The minimum Gasteiger partial charge on any atom is -0.442 e. The van der Waals surface area contributed by atoms with Crippen LogP contribution in [0.2, 0.25) is 0 Å². The van der Waals surface area contributed by atoms with Crippen molar-refractivity contribution in [1.29, 1.82) is 0 Å². The highest BCUT2D eigenvalue weighted by Gasteiger charge is 2.61. The number of nitrogens with one attached hydrogen (secondary N) is 1. The van der Waals surface area contributed by atoms with Crippen LogP contribution in [0.15, 0.2) is 48.5 Å². The molecule has 1 fully saturated rings. The van der Waals surface area contributed by atoms with Crippen molar-refractivity contribution in [2.24, 2.45) is 0 Å². The molecule has 0 aliphatic carbocycles. The van der Waals surface area contributed by atoms with E-state index in [2.05, 4.69) is 5.32 Å². The number of fused-ring (bicyclic) bond motifs is 3. The molecular weight excluding hydrogens is 336 g/mol. The summed E-state index contributed by atoms with van der Waals surface area (Å²) in [5.41, 5.74) is 0.101. The Labute approximate surface area is 147 Å². The van der Waals surface area contributed by atoms with Crippen LogP contribution in [-0.2, 0) is 19.9 Å². The van der Waals surface area contributed by atoms with Crippen molar-refractivity contribution in [1.82, 2.24) is 4.90 Å². The van der Waals surface area contributed by atoms with Crippen molar-refractivity contribution in [2.75, 3.05) is 5.32 Å². The van der Waals surface area contributed by atoms with Gasteiger partial charge in [0, 0.05) is 17.7 Å². The molecule has 3 heterocycles. The molecule has 5 rings (SSSR count). The Morgan fingerprint density at radius 3 is 2.23 bits per heavy atom. The van der Waals surface area contributed by atoms with Crippen LogP contribution in [0.25, 0.3) is 0 Å². The maximum Gasteiger partial charge on any atom is 0.330 e. The number of hydrogen-bond donors (Lipinski definition) is 1. The Hall–Kier alpha value is -3.48. The SMILES string of the molecule is O=C1O[C@]2(C[C@H]1N1C(=O)c3ccccc3C1=O)C(=O)Nc1ccccc12. The summed E-state index contributed by atoms with van der Waals surface area (Å²) in [4.78, 5) is 51.4. The van der Waals surface area contributed by atoms with Crippen molar-refractivity contribution in [3.05, 3.63) is 65.2 Å². The number of ether oxygens (including phenoxy) is 1. The molecule has 2 aromatic carbocycles. The van der Waals surface area contributed by atoms with Crippen LogP contribution in [0.5, 0.6) is 0 Å². The van der Waals surface area contributed by atoms with Crippen LogP contribution in [0.3, 0.4) is 0 Å². The average molecular weight is 348 g/mol. The van der Waals surface area contributed by atoms with Gasteiger partial charge in [-0.15, -0.1) is 0 Å². The predicted molar refractivity (Wildman–Crippen MR) is 88.2 cm³/mol. The number of rotatable bonds is 1. The van der Waals surface area contributed by atoms with Gasteiger partial charge in [-0.25, -0.2) is 4.79 Å². The normalized spacial score (nSPS) is 26.2. The molecule has 1 N–H and O–H groups in total. The smallest absolute Gasteiger partial charge is 0.330 e. The first kappa shape index (κ1) is 14.8. The fraction of sp³-hybridized carbons (Fsp3) is 0.158. The van der Waals surface area contributed by atoms with E-state index in [4.69, 9.17) is 4.74 Å². The van der Waals surface area contributed by atoms with Crippen LogP contribution < -0.4 is 5.32 Å². The number of benzene rings is 2. The van der Waals surface area contributed by atoms with Crippen molar-refractivity contribution >= 4 is 29.4 Å². The van der Waals surface area contributed by atoms with Gasteiger partial charge in [-0.05, 0) is 18.2 Å². The first-order valence-electron chi connectivity index (χ1n) is 8.14. The van der Waals surface area contributed by atoms with Gasteiger partial charge < -0.3 is 10.1 Å². The quantitative estimate of drug-likeness (QED) is 0.622. The topological polar surface area (TPSA) is 92.8 Å². The van der Waals surface area contributed by atoms with Crippen molar-refractivity contribution in [2.45, 2.75) is 18.1 Å². The first-order chi connectivity index (χ1) is 12.5. The van der Waals surface area contributed by atoms with Crippen molar-refractivity contribution in [3.63, 3.8) is 0 Å². The number of esters is 1. The maximum atomic E-state index is 12.7. The summed E-state index contributed by atoms with van der Waals surface area (Å²) in [6.45, 7) is 0. The molecule has 0 aromatic heterocycles. The number of para-hydroxylation sites is 1. The summed E-state index contributed by atoms with van der Waals surface area (Å²) >= 11 is 0. The molecule has 1 spiro atoms. The molecule has 3 aliphatic rings. The second-order valence-electron chi connectivity index (χ2n) is 6.49. The zero-order valence-electron chi connectivity index (χ0n) is 13.4. The number of anilines is 1. The van der Waals surface area contributed by atoms with Crippen LogP contribution >= 0.6 is 0 Å². The fourth-order valence-corrected chi connectivity index (χ4v) is 3.92. The summed E-state index contributed by atoms with van der Waals surface area (Å²) < 4.78 is 5.47. The molecule has 0 saturated carbocycles. The van der Waals surface area contributed by atoms with Crippen LogP contribution in [0, 0.1) is 0 Å². The van der Waals surface area contributed by atoms with Gasteiger partial charge in [-0.3, -0.25) is 19.3 Å². The second kappa shape index (κ2) is 4.78. The average Bonchev–Trinajstić information content (AvgIpc) is 3.21. The molecule has 7 nitrogen and oxygen atoms in total. The third-order valence-corrected chi connectivity index (χ3v) is 5.14. The van der Waals surface area contributed by atoms with E-state index in [9.17, 15) is 19.2 Å². The monoisotopic (exact) mass is 348 g/mol. The highest BCUT2D eigenvalue weighted by Crippen LogP contribution is 2.47. The molecule has 1 saturated heterocycles. The van der Waals surface area contributed by atoms with Gasteiger partial charge in [-0.2, -0.15) is 0 Å². The number of hydrogen-bond acceptors (Lipinski definition) is 5. The van der Waals surface area contributed by atoms with E-state index in [1.807, 2.05) is 0 Å². The molecule has 128 valence electrons. The van der Waals surface area contributed by atoms with Crippen molar-refractivity contribution < 1.29 is 23.9 Å². The van der Waals surface area contributed by atoms with Crippen LogP contribution in [0.1, 0.15) is 32.7 Å². The van der Waals surface area contributed by atoms with Gasteiger partial charge in [-0.1, -0.05) is 30.3 Å². The molecule has 3 aliphatic heterocycles. The Morgan fingerprint density at radius 2 is 1.54 bits per heavy atom. The zero-order chi connectivity index (χ0) is 18.1. The van der Waals surface area contributed by atoms with E-state index in [1.54, 1.807) is 48.5 Å². The van der Waals surface area contributed by atoms with E-state index in [-0.39, 0.29) is 17.5 Å². The van der Waals surface area contributed by atoms with Gasteiger partial charge in [0.1, 0.15) is 6.04 Å². The maximum absolute atomic E-state index is 12.7. The van der Waals surface area contributed by atoms with E-state index in [0.29, 0.717) is 11.3 Å². The molecule has 2 aromatic rings.